The second kappa shape index (κ2) is 5.57. The molecular weight excluding hydrogens is 216 g/mol. The zero-order valence-electron chi connectivity index (χ0n) is 10.6. The Kier molecular flexibility index (Phi) is 4.37. The molecule has 94 valence electrons. The van der Waals surface area contributed by atoms with Gasteiger partial charge in [-0.2, -0.15) is 0 Å². The van der Waals surface area contributed by atoms with Crippen LogP contribution in [0.2, 0.25) is 0 Å². The average molecular weight is 236 g/mol. The molecule has 3 N–H and O–H groups in total. The molecule has 0 amide bonds. The summed E-state index contributed by atoms with van der Waals surface area (Å²) in [6.45, 7) is 5.27. The SMILES string of the molecule is CCC(C)CN(C)c1ccc(C(=O)O)c(N)c1. The van der Waals surface area contributed by atoms with Crippen LogP contribution in [0.5, 0.6) is 0 Å². The number of anilines is 2. The van der Waals surface area contributed by atoms with Crippen molar-refractivity contribution in [2.45, 2.75) is 20.3 Å². The first-order chi connectivity index (χ1) is 7.95. The lowest BCUT2D eigenvalue weighted by Crippen LogP contribution is -2.23. The van der Waals surface area contributed by atoms with E-state index in [9.17, 15) is 4.79 Å². The molecule has 1 unspecified atom stereocenters. The van der Waals surface area contributed by atoms with Crippen LogP contribution in [0.1, 0.15) is 30.6 Å². The first kappa shape index (κ1) is 13.4. The van der Waals surface area contributed by atoms with Gasteiger partial charge in [0.05, 0.1) is 5.56 Å². The number of hydrogen-bond donors (Lipinski definition) is 2. The molecule has 0 saturated heterocycles. The van der Waals surface area contributed by atoms with E-state index in [2.05, 4.69) is 18.7 Å². The first-order valence-electron chi connectivity index (χ1n) is 5.79. The zero-order chi connectivity index (χ0) is 13.0. The van der Waals surface area contributed by atoms with Gasteiger partial charge in [0.1, 0.15) is 0 Å². The third kappa shape index (κ3) is 3.37. The van der Waals surface area contributed by atoms with E-state index in [0.29, 0.717) is 11.6 Å². The van der Waals surface area contributed by atoms with Crippen LogP contribution < -0.4 is 10.6 Å². The fraction of sp³-hybridized carbons (Fsp3) is 0.462. The molecule has 0 heterocycles. The molecule has 0 aromatic heterocycles. The monoisotopic (exact) mass is 236 g/mol. The van der Waals surface area contributed by atoms with E-state index in [4.69, 9.17) is 10.8 Å². The van der Waals surface area contributed by atoms with Gasteiger partial charge in [0.2, 0.25) is 0 Å². The van der Waals surface area contributed by atoms with Crippen LogP contribution >= 0.6 is 0 Å². The zero-order valence-corrected chi connectivity index (χ0v) is 10.6. The van der Waals surface area contributed by atoms with Crippen molar-refractivity contribution in [1.82, 2.24) is 0 Å². The van der Waals surface area contributed by atoms with E-state index >= 15 is 0 Å². The Morgan fingerprint density at radius 2 is 2.18 bits per heavy atom. The summed E-state index contributed by atoms with van der Waals surface area (Å²) in [5.41, 5.74) is 7.14. The van der Waals surface area contributed by atoms with Crippen molar-refractivity contribution in [3.05, 3.63) is 23.8 Å². The molecule has 0 saturated carbocycles. The van der Waals surface area contributed by atoms with Gasteiger partial charge in [0.15, 0.2) is 0 Å². The van der Waals surface area contributed by atoms with Crippen LogP contribution in [0.4, 0.5) is 11.4 Å². The second-order valence-electron chi connectivity index (χ2n) is 4.47. The highest BCUT2D eigenvalue weighted by Crippen LogP contribution is 2.21. The highest BCUT2D eigenvalue weighted by Gasteiger charge is 2.11. The van der Waals surface area contributed by atoms with Gasteiger partial charge in [0.25, 0.3) is 0 Å². The van der Waals surface area contributed by atoms with Gasteiger partial charge in [-0.15, -0.1) is 0 Å². The molecule has 1 rings (SSSR count). The molecule has 0 aliphatic carbocycles. The summed E-state index contributed by atoms with van der Waals surface area (Å²) in [6.07, 6.45) is 1.12. The molecule has 0 radical (unpaired) electrons. The van der Waals surface area contributed by atoms with Crippen molar-refractivity contribution in [1.29, 1.82) is 0 Å². The highest BCUT2D eigenvalue weighted by molar-refractivity contribution is 5.94. The molecule has 0 aliphatic heterocycles. The van der Waals surface area contributed by atoms with Crippen molar-refractivity contribution < 1.29 is 9.90 Å². The molecule has 4 heteroatoms. The Hall–Kier alpha value is -1.71. The third-order valence-corrected chi connectivity index (χ3v) is 2.99. The number of nitrogens with two attached hydrogens (primary N) is 1. The van der Waals surface area contributed by atoms with Crippen LogP contribution in [0.15, 0.2) is 18.2 Å². The number of nitrogen functional groups attached to an aromatic ring is 1. The normalized spacial score (nSPS) is 12.2. The Morgan fingerprint density at radius 1 is 1.53 bits per heavy atom. The number of aromatic carboxylic acids is 1. The quantitative estimate of drug-likeness (QED) is 0.771. The van der Waals surface area contributed by atoms with E-state index < -0.39 is 5.97 Å². The maximum absolute atomic E-state index is 10.8. The Morgan fingerprint density at radius 3 is 2.65 bits per heavy atom. The van der Waals surface area contributed by atoms with Crippen LogP contribution in [-0.4, -0.2) is 24.7 Å². The lowest BCUT2D eigenvalue weighted by atomic mass is 10.1. The van der Waals surface area contributed by atoms with Crippen molar-refractivity contribution in [3.8, 4) is 0 Å². The van der Waals surface area contributed by atoms with Gasteiger partial charge in [0, 0.05) is 25.0 Å². The van der Waals surface area contributed by atoms with E-state index in [-0.39, 0.29) is 5.56 Å². The van der Waals surface area contributed by atoms with Gasteiger partial charge >= 0.3 is 5.97 Å². The fourth-order valence-electron chi connectivity index (χ4n) is 1.68. The van der Waals surface area contributed by atoms with Gasteiger partial charge in [-0.3, -0.25) is 0 Å². The molecule has 1 atom stereocenters. The van der Waals surface area contributed by atoms with E-state index in [0.717, 1.165) is 18.7 Å². The Labute approximate surface area is 102 Å². The predicted molar refractivity (Wildman–Crippen MR) is 70.5 cm³/mol. The van der Waals surface area contributed by atoms with Crippen molar-refractivity contribution in [2.24, 2.45) is 5.92 Å². The van der Waals surface area contributed by atoms with Crippen molar-refractivity contribution in [2.75, 3.05) is 24.2 Å². The third-order valence-electron chi connectivity index (χ3n) is 2.99. The number of nitrogens with zero attached hydrogens (tertiary/aromatic N) is 1. The largest absolute Gasteiger partial charge is 0.478 e. The minimum atomic E-state index is -0.987. The van der Waals surface area contributed by atoms with E-state index in [1.807, 2.05) is 7.05 Å². The smallest absolute Gasteiger partial charge is 0.337 e. The maximum atomic E-state index is 10.8. The van der Waals surface area contributed by atoms with Crippen LogP contribution in [0, 0.1) is 5.92 Å². The second-order valence-corrected chi connectivity index (χ2v) is 4.47. The maximum Gasteiger partial charge on any atom is 0.337 e. The van der Waals surface area contributed by atoms with Gasteiger partial charge in [-0.05, 0) is 24.1 Å². The number of rotatable bonds is 5. The molecular formula is C13H20N2O2. The summed E-state index contributed by atoms with van der Waals surface area (Å²) in [7, 11) is 1.99. The summed E-state index contributed by atoms with van der Waals surface area (Å²) < 4.78 is 0. The fourth-order valence-corrected chi connectivity index (χ4v) is 1.68. The Bertz CT molecular complexity index is 404. The molecule has 0 spiro atoms. The molecule has 17 heavy (non-hydrogen) atoms. The molecule has 1 aromatic carbocycles. The predicted octanol–water partition coefficient (Wildman–Crippen LogP) is 2.45. The van der Waals surface area contributed by atoms with Crippen LogP contribution in [0.3, 0.4) is 0 Å². The van der Waals surface area contributed by atoms with Gasteiger partial charge in [-0.25, -0.2) is 4.79 Å². The van der Waals surface area contributed by atoms with Crippen LogP contribution in [-0.2, 0) is 0 Å². The molecule has 0 aliphatic rings. The number of hydrogen-bond acceptors (Lipinski definition) is 3. The first-order valence-corrected chi connectivity index (χ1v) is 5.79. The standard InChI is InChI=1S/C13H20N2O2/c1-4-9(2)8-15(3)10-5-6-11(13(16)17)12(14)7-10/h5-7,9H,4,8,14H2,1-3H3,(H,16,17). The summed E-state index contributed by atoms with van der Waals surface area (Å²) in [5.74, 6) is -0.390. The number of carboxylic acid groups (broad SMARTS) is 1. The number of benzene rings is 1. The Balaban J connectivity index is 2.86. The minimum absolute atomic E-state index is 0.158. The molecule has 1 aromatic rings. The number of carboxylic acids is 1. The van der Waals surface area contributed by atoms with Crippen molar-refractivity contribution in [3.63, 3.8) is 0 Å². The summed E-state index contributed by atoms with van der Waals surface area (Å²) in [4.78, 5) is 12.9. The number of carbonyl (C=O) groups is 1. The summed E-state index contributed by atoms with van der Waals surface area (Å²) in [5, 5.41) is 8.89. The lowest BCUT2D eigenvalue weighted by molar-refractivity contribution is 0.0698. The average Bonchev–Trinajstić information content (AvgIpc) is 2.28. The topological polar surface area (TPSA) is 66.6 Å². The molecule has 0 bridgehead atoms. The highest BCUT2D eigenvalue weighted by atomic mass is 16.4. The summed E-state index contributed by atoms with van der Waals surface area (Å²) >= 11 is 0. The van der Waals surface area contributed by atoms with Crippen molar-refractivity contribution >= 4 is 17.3 Å². The van der Waals surface area contributed by atoms with E-state index in [1.54, 1.807) is 18.2 Å². The van der Waals surface area contributed by atoms with E-state index in [1.165, 1.54) is 0 Å². The van der Waals surface area contributed by atoms with Gasteiger partial charge < -0.3 is 15.7 Å². The molecule has 4 nitrogen and oxygen atoms in total. The van der Waals surface area contributed by atoms with Crippen LogP contribution in [0.25, 0.3) is 0 Å². The lowest BCUT2D eigenvalue weighted by Gasteiger charge is -2.23. The molecule has 0 fully saturated rings. The minimum Gasteiger partial charge on any atom is -0.478 e. The van der Waals surface area contributed by atoms with Gasteiger partial charge in [-0.1, -0.05) is 20.3 Å². The summed E-state index contributed by atoms with van der Waals surface area (Å²) in [6, 6.07) is 5.06.